The molecule has 0 fully saturated rings. The van der Waals surface area contributed by atoms with Crippen molar-refractivity contribution in [3.8, 4) is 0 Å². The van der Waals surface area contributed by atoms with Crippen molar-refractivity contribution in [2.24, 2.45) is 5.92 Å². The number of aromatic nitrogens is 3. The largest absolute Gasteiger partial charge is 0.304 e. The first-order chi connectivity index (χ1) is 8.74. The lowest BCUT2D eigenvalue weighted by atomic mass is 9.93. The van der Waals surface area contributed by atoms with Crippen LogP contribution in [0, 0.1) is 5.92 Å². The highest BCUT2D eigenvalue weighted by atomic mass is 15.4. The molecule has 4 heteroatoms. The summed E-state index contributed by atoms with van der Waals surface area (Å²) in [5.74, 6) is 0.542. The Labute approximate surface area is 109 Å². The highest BCUT2D eigenvalue weighted by Crippen LogP contribution is 2.27. The number of allylic oxidation sites excluding steroid dienone is 6. The molecule has 0 bridgehead atoms. The average Bonchev–Trinajstić information content (AvgIpc) is 2.57. The van der Waals surface area contributed by atoms with Gasteiger partial charge in [-0.1, -0.05) is 36.4 Å². The Morgan fingerprint density at radius 3 is 2.50 bits per heavy atom. The molecule has 1 heterocycles. The van der Waals surface area contributed by atoms with E-state index in [1.54, 1.807) is 0 Å². The molecule has 2 aliphatic rings. The van der Waals surface area contributed by atoms with Gasteiger partial charge in [0.1, 0.15) is 0 Å². The van der Waals surface area contributed by atoms with Crippen molar-refractivity contribution in [2.75, 3.05) is 0 Å². The summed E-state index contributed by atoms with van der Waals surface area (Å²) in [5, 5.41) is 8.42. The molecule has 0 N–H and O–H groups in total. The smallest absolute Gasteiger partial charge is 0.251 e. The normalized spacial score (nSPS) is 23.1. The van der Waals surface area contributed by atoms with Gasteiger partial charge >= 0.3 is 0 Å². The van der Waals surface area contributed by atoms with Gasteiger partial charge in [0.2, 0.25) is 0 Å². The molecular formula is C14H18BN3. The second kappa shape index (κ2) is 4.60. The van der Waals surface area contributed by atoms with Crippen LogP contribution >= 0.6 is 0 Å². The van der Waals surface area contributed by atoms with Crippen LogP contribution in [0.3, 0.4) is 0 Å². The summed E-state index contributed by atoms with van der Waals surface area (Å²) in [7, 11) is 1.99. The fraction of sp³-hybridized carbons (Fsp3) is 0.429. The summed E-state index contributed by atoms with van der Waals surface area (Å²) in [6.07, 6.45) is 13.4. The van der Waals surface area contributed by atoms with Crippen molar-refractivity contribution >= 4 is 7.98 Å². The molecule has 0 aromatic carbocycles. The molecule has 1 atom stereocenters. The topological polar surface area (TPSA) is 30.7 Å². The van der Waals surface area contributed by atoms with Crippen LogP contribution in [0.5, 0.6) is 0 Å². The minimum atomic E-state index is 0.542. The van der Waals surface area contributed by atoms with Gasteiger partial charge in [0.15, 0.2) is 0 Å². The average molecular weight is 239 g/mol. The first-order valence-electron chi connectivity index (χ1n) is 6.70. The Kier molecular flexibility index (Phi) is 2.94. The molecule has 1 aromatic rings. The number of fused-ring (bicyclic) bond motifs is 1. The first kappa shape index (κ1) is 11.5. The highest BCUT2D eigenvalue weighted by Gasteiger charge is 2.16. The molecular weight excluding hydrogens is 221 g/mol. The molecule has 1 aromatic heterocycles. The van der Waals surface area contributed by atoms with Crippen LogP contribution < -0.4 is 0 Å². The molecule has 0 amide bonds. The molecule has 2 aliphatic carbocycles. The monoisotopic (exact) mass is 239 g/mol. The number of nitrogens with zero attached hydrogens (tertiary/aromatic N) is 3. The Morgan fingerprint density at radius 1 is 1.11 bits per heavy atom. The van der Waals surface area contributed by atoms with E-state index in [0.717, 1.165) is 25.7 Å². The van der Waals surface area contributed by atoms with E-state index in [2.05, 4.69) is 41.5 Å². The van der Waals surface area contributed by atoms with E-state index in [1.807, 2.05) is 12.6 Å². The Bertz CT molecular complexity index is 551. The van der Waals surface area contributed by atoms with E-state index >= 15 is 0 Å². The van der Waals surface area contributed by atoms with Crippen LogP contribution in [0.25, 0.3) is 0 Å². The number of hydrogen-bond donors (Lipinski definition) is 0. The van der Waals surface area contributed by atoms with E-state index in [9.17, 15) is 0 Å². The molecule has 0 spiro atoms. The lowest BCUT2D eigenvalue weighted by Crippen LogP contribution is -2.06. The van der Waals surface area contributed by atoms with Gasteiger partial charge in [-0.2, -0.15) is 0 Å². The molecule has 0 radical (unpaired) electrons. The van der Waals surface area contributed by atoms with Crippen molar-refractivity contribution in [1.82, 2.24) is 14.9 Å². The van der Waals surface area contributed by atoms with Crippen molar-refractivity contribution < 1.29 is 0 Å². The van der Waals surface area contributed by atoms with Gasteiger partial charge in [0, 0.05) is 5.69 Å². The number of hydrogen-bond acceptors (Lipinski definition) is 2. The van der Waals surface area contributed by atoms with E-state index in [0.29, 0.717) is 5.92 Å². The molecule has 3 nitrogen and oxygen atoms in total. The van der Waals surface area contributed by atoms with Crippen LogP contribution in [0.15, 0.2) is 35.5 Å². The summed E-state index contributed by atoms with van der Waals surface area (Å²) < 4.78 is 1.93. The van der Waals surface area contributed by atoms with Crippen LogP contribution in [0.1, 0.15) is 31.2 Å². The standard InChI is InChI=1S/C14H18BN3/c1-10-2-4-11-6-8-13-14(18(15)17-16-13)9-7-12(11)5-3-10/h2-5,10H,6-9,15H2,1H3. The van der Waals surface area contributed by atoms with Crippen molar-refractivity contribution in [1.29, 1.82) is 0 Å². The van der Waals surface area contributed by atoms with Gasteiger partial charge in [-0.05, 0) is 42.7 Å². The third kappa shape index (κ3) is 2.07. The van der Waals surface area contributed by atoms with Crippen molar-refractivity contribution in [2.45, 2.75) is 32.6 Å². The van der Waals surface area contributed by atoms with Gasteiger partial charge < -0.3 is 4.59 Å². The lowest BCUT2D eigenvalue weighted by molar-refractivity contribution is 0.803. The fourth-order valence-corrected chi connectivity index (χ4v) is 2.73. The number of aryl methyl sites for hydroxylation is 1. The summed E-state index contributed by atoms with van der Waals surface area (Å²) in [6.45, 7) is 2.23. The molecule has 92 valence electrons. The van der Waals surface area contributed by atoms with Crippen LogP contribution in [0.2, 0.25) is 0 Å². The van der Waals surface area contributed by atoms with Crippen LogP contribution in [0.4, 0.5) is 0 Å². The molecule has 0 aliphatic heterocycles. The molecule has 1 unspecified atom stereocenters. The van der Waals surface area contributed by atoms with Gasteiger partial charge in [0.25, 0.3) is 7.98 Å². The molecule has 0 saturated heterocycles. The zero-order valence-electron chi connectivity index (χ0n) is 11.1. The van der Waals surface area contributed by atoms with E-state index in [1.165, 1.54) is 22.5 Å². The summed E-state index contributed by atoms with van der Waals surface area (Å²) in [4.78, 5) is 0. The molecule has 0 saturated carbocycles. The highest BCUT2D eigenvalue weighted by molar-refractivity contribution is 6.06. The zero-order valence-corrected chi connectivity index (χ0v) is 11.1. The quantitative estimate of drug-likeness (QED) is 0.644. The maximum atomic E-state index is 4.28. The SMILES string of the molecule is Bn1nnc2c1CCC1=C(C=CC(C)C=C1)CC2. The maximum Gasteiger partial charge on any atom is 0.251 e. The maximum absolute atomic E-state index is 4.28. The first-order valence-corrected chi connectivity index (χ1v) is 6.70. The van der Waals surface area contributed by atoms with Gasteiger partial charge in [-0.25, -0.2) is 0 Å². The summed E-state index contributed by atoms with van der Waals surface area (Å²) in [5.41, 5.74) is 5.45. The van der Waals surface area contributed by atoms with Crippen molar-refractivity contribution in [3.05, 3.63) is 46.8 Å². The predicted molar refractivity (Wildman–Crippen MR) is 75.1 cm³/mol. The third-order valence-corrected chi connectivity index (χ3v) is 3.90. The van der Waals surface area contributed by atoms with Gasteiger partial charge in [0.05, 0.1) is 5.69 Å². The Morgan fingerprint density at radius 2 is 1.78 bits per heavy atom. The molecule has 3 rings (SSSR count). The number of rotatable bonds is 0. The minimum Gasteiger partial charge on any atom is -0.304 e. The molecule has 18 heavy (non-hydrogen) atoms. The second-order valence-corrected chi connectivity index (χ2v) is 5.23. The third-order valence-electron chi connectivity index (χ3n) is 3.90. The van der Waals surface area contributed by atoms with E-state index in [4.69, 9.17) is 0 Å². The predicted octanol–water partition coefficient (Wildman–Crippen LogP) is 1.61. The van der Waals surface area contributed by atoms with E-state index < -0.39 is 0 Å². The van der Waals surface area contributed by atoms with Gasteiger partial charge in [-0.3, -0.25) is 0 Å². The Hall–Kier alpha value is -1.58. The summed E-state index contributed by atoms with van der Waals surface area (Å²) in [6, 6.07) is 0. The summed E-state index contributed by atoms with van der Waals surface area (Å²) >= 11 is 0. The second-order valence-electron chi connectivity index (χ2n) is 5.23. The Balaban J connectivity index is 1.92. The lowest BCUT2D eigenvalue weighted by Gasteiger charge is -2.13. The fourth-order valence-electron chi connectivity index (χ4n) is 2.73. The minimum absolute atomic E-state index is 0.542. The van der Waals surface area contributed by atoms with Crippen LogP contribution in [-0.2, 0) is 12.8 Å². The van der Waals surface area contributed by atoms with Gasteiger partial charge in [-0.15, -0.1) is 5.10 Å². The zero-order chi connectivity index (χ0) is 12.5. The van der Waals surface area contributed by atoms with Crippen molar-refractivity contribution in [3.63, 3.8) is 0 Å². The van der Waals surface area contributed by atoms with Crippen LogP contribution in [-0.4, -0.2) is 22.9 Å². The van der Waals surface area contributed by atoms with E-state index in [-0.39, 0.29) is 0 Å².